The molecule has 164 valence electrons. The summed E-state index contributed by atoms with van der Waals surface area (Å²) < 4.78 is 5.52. The zero-order valence-corrected chi connectivity index (χ0v) is 18.3. The number of fused-ring (bicyclic) bond motifs is 1. The van der Waals surface area contributed by atoms with Crippen molar-refractivity contribution < 1.29 is 14.3 Å². The molecule has 0 radical (unpaired) electrons. The predicted octanol–water partition coefficient (Wildman–Crippen LogP) is 5.01. The average molecular weight is 421 g/mol. The van der Waals surface area contributed by atoms with Gasteiger partial charge in [-0.05, 0) is 49.1 Å². The lowest BCUT2D eigenvalue weighted by molar-refractivity contribution is -0.126. The number of nitrogens with zero attached hydrogens (tertiary/aromatic N) is 1. The maximum absolute atomic E-state index is 13.4. The molecule has 1 fully saturated rings. The van der Waals surface area contributed by atoms with Gasteiger partial charge in [0.1, 0.15) is 11.8 Å². The minimum atomic E-state index is -0.583. The third-order valence-corrected chi connectivity index (χ3v) is 6.35. The third-order valence-electron chi connectivity index (χ3n) is 6.35. The van der Waals surface area contributed by atoms with E-state index in [1.54, 1.807) is 4.90 Å². The number of benzene rings is 2. The van der Waals surface area contributed by atoms with Crippen LogP contribution in [0.1, 0.15) is 79.4 Å². The van der Waals surface area contributed by atoms with Crippen molar-refractivity contribution in [3.05, 3.63) is 65.2 Å². The monoisotopic (exact) mass is 420 g/mol. The molecule has 31 heavy (non-hydrogen) atoms. The van der Waals surface area contributed by atoms with E-state index in [0.717, 1.165) is 42.6 Å². The number of amides is 2. The van der Waals surface area contributed by atoms with Crippen LogP contribution in [-0.2, 0) is 11.3 Å². The van der Waals surface area contributed by atoms with Gasteiger partial charge >= 0.3 is 0 Å². The Morgan fingerprint density at radius 2 is 1.68 bits per heavy atom. The molecule has 1 N–H and O–H groups in total. The molecule has 2 aliphatic rings. The van der Waals surface area contributed by atoms with Crippen LogP contribution in [-0.4, -0.2) is 29.4 Å². The topological polar surface area (TPSA) is 58.6 Å². The minimum Gasteiger partial charge on any atom is -0.494 e. The fourth-order valence-corrected chi connectivity index (χ4v) is 4.75. The van der Waals surface area contributed by atoms with Crippen LogP contribution in [0.4, 0.5) is 0 Å². The Labute approximate surface area is 184 Å². The Kier molecular flexibility index (Phi) is 6.90. The predicted molar refractivity (Wildman–Crippen MR) is 121 cm³/mol. The van der Waals surface area contributed by atoms with Gasteiger partial charge in [0, 0.05) is 18.2 Å². The van der Waals surface area contributed by atoms with Gasteiger partial charge in [-0.1, -0.05) is 62.4 Å². The van der Waals surface area contributed by atoms with E-state index in [2.05, 4.69) is 5.32 Å². The Morgan fingerprint density at radius 1 is 1.00 bits per heavy atom. The molecular formula is C26H32N2O3. The highest BCUT2D eigenvalue weighted by Crippen LogP contribution is 2.35. The molecule has 2 amide bonds. The second-order valence-corrected chi connectivity index (χ2v) is 8.55. The van der Waals surface area contributed by atoms with Crippen molar-refractivity contribution in [3.8, 4) is 5.75 Å². The van der Waals surface area contributed by atoms with E-state index in [0.29, 0.717) is 18.7 Å². The molecule has 1 aliphatic heterocycles. The van der Waals surface area contributed by atoms with Crippen molar-refractivity contribution in [1.82, 2.24) is 10.2 Å². The SMILES string of the molecule is CCOc1ccc(CN2C(=O)c3ccccc3[C@H]2C(=O)NC2CCCCCCC2)cc1. The summed E-state index contributed by atoms with van der Waals surface area (Å²) in [7, 11) is 0. The number of carbonyl (C=O) groups excluding carboxylic acids is 2. The fourth-order valence-electron chi connectivity index (χ4n) is 4.75. The summed E-state index contributed by atoms with van der Waals surface area (Å²) in [4.78, 5) is 28.3. The van der Waals surface area contributed by atoms with Crippen molar-refractivity contribution in [2.24, 2.45) is 0 Å². The van der Waals surface area contributed by atoms with E-state index in [9.17, 15) is 9.59 Å². The normalized spacial score (nSPS) is 19.5. The van der Waals surface area contributed by atoms with E-state index in [1.165, 1.54) is 19.3 Å². The summed E-state index contributed by atoms with van der Waals surface area (Å²) in [5, 5.41) is 3.28. The summed E-state index contributed by atoms with van der Waals surface area (Å²) >= 11 is 0. The van der Waals surface area contributed by atoms with Crippen molar-refractivity contribution in [1.29, 1.82) is 0 Å². The first-order valence-electron chi connectivity index (χ1n) is 11.6. The minimum absolute atomic E-state index is 0.0604. The highest BCUT2D eigenvalue weighted by Gasteiger charge is 2.41. The number of hydrogen-bond acceptors (Lipinski definition) is 3. The fraction of sp³-hybridized carbons (Fsp3) is 0.462. The van der Waals surface area contributed by atoms with Crippen LogP contribution < -0.4 is 10.1 Å². The lowest BCUT2D eigenvalue weighted by atomic mass is 9.96. The van der Waals surface area contributed by atoms with Crippen LogP contribution in [0.2, 0.25) is 0 Å². The number of ether oxygens (including phenoxy) is 1. The van der Waals surface area contributed by atoms with Crippen molar-refractivity contribution in [2.45, 2.75) is 70.5 Å². The Morgan fingerprint density at radius 3 is 2.39 bits per heavy atom. The second-order valence-electron chi connectivity index (χ2n) is 8.55. The molecule has 0 bridgehead atoms. The van der Waals surface area contributed by atoms with Crippen molar-refractivity contribution in [2.75, 3.05) is 6.61 Å². The zero-order chi connectivity index (χ0) is 21.6. The Hall–Kier alpha value is -2.82. The molecule has 4 rings (SSSR count). The second kappa shape index (κ2) is 9.99. The van der Waals surface area contributed by atoms with Gasteiger partial charge in [-0.25, -0.2) is 0 Å². The first-order chi connectivity index (χ1) is 15.2. The lowest BCUT2D eigenvalue weighted by Crippen LogP contribution is -2.43. The van der Waals surface area contributed by atoms with E-state index in [4.69, 9.17) is 4.74 Å². The number of nitrogens with one attached hydrogen (secondary N) is 1. The summed E-state index contributed by atoms with van der Waals surface area (Å²) in [6, 6.07) is 14.9. The molecule has 0 aromatic heterocycles. The highest BCUT2D eigenvalue weighted by molar-refractivity contribution is 6.04. The molecule has 0 spiro atoms. The molecule has 1 aliphatic carbocycles. The van der Waals surface area contributed by atoms with Gasteiger partial charge in [0.25, 0.3) is 5.91 Å². The van der Waals surface area contributed by atoms with Crippen LogP contribution in [0.3, 0.4) is 0 Å². The first kappa shape index (κ1) is 21.4. The molecule has 1 atom stereocenters. The van der Waals surface area contributed by atoms with Gasteiger partial charge in [-0.3, -0.25) is 9.59 Å². The summed E-state index contributed by atoms with van der Waals surface area (Å²) in [5.74, 6) is 0.665. The first-order valence-corrected chi connectivity index (χ1v) is 11.6. The third kappa shape index (κ3) is 4.92. The smallest absolute Gasteiger partial charge is 0.255 e. The molecular weight excluding hydrogens is 388 g/mol. The van der Waals surface area contributed by atoms with E-state index in [-0.39, 0.29) is 17.9 Å². The van der Waals surface area contributed by atoms with Crippen LogP contribution >= 0.6 is 0 Å². The molecule has 0 unspecified atom stereocenters. The Bertz CT molecular complexity index is 901. The van der Waals surface area contributed by atoms with Crippen molar-refractivity contribution >= 4 is 11.8 Å². The maximum Gasteiger partial charge on any atom is 0.255 e. The summed E-state index contributed by atoms with van der Waals surface area (Å²) in [6.45, 7) is 2.96. The maximum atomic E-state index is 13.4. The van der Waals surface area contributed by atoms with Crippen molar-refractivity contribution in [3.63, 3.8) is 0 Å². The number of carbonyl (C=O) groups is 2. The quantitative estimate of drug-likeness (QED) is 0.714. The van der Waals surface area contributed by atoms with E-state index >= 15 is 0 Å². The van der Waals surface area contributed by atoms with Gasteiger partial charge in [-0.15, -0.1) is 0 Å². The van der Waals surface area contributed by atoms with E-state index < -0.39 is 6.04 Å². The highest BCUT2D eigenvalue weighted by atomic mass is 16.5. The molecule has 1 heterocycles. The molecule has 5 heteroatoms. The number of rotatable bonds is 6. The molecule has 5 nitrogen and oxygen atoms in total. The largest absolute Gasteiger partial charge is 0.494 e. The zero-order valence-electron chi connectivity index (χ0n) is 18.3. The van der Waals surface area contributed by atoms with Crippen LogP contribution in [0.25, 0.3) is 0 Å². The van der Waals surface area contributed by atoms with Gasteiger partial charge < -0.3 is 15.0 Å². The molecule has 2 aromatic carbocycles. The van der Waals surface area contributed by atoms with Gasteiger partial charge in [0.05, 0.1) is 6.61 Å². The van der Waals surface area contributed by atoms with Gasteiger partial charge in [0.15, 0.2) is 0 Å². The van der Waals surface area contributed by atoms with E-state index in [1.807, 2.05) is 55.5 Å². The van der Waals surface area contributed by atoms with Gasteiger partial charge in [0.2, 0.25) is 5.91 Å². The summed E-state index contributed by atoms with van der Waals surface area (Å²) in [5.41, 5.74) is 2.42. The van der Waals surface area contributed by atoms with Crippen LogP contribution in [0.15, 0.2) is 48.5 Å². The number of hydrogen-bond donors (Lipinski definition) is 1. The molecule has 2 aromatic rings. The van der Waals surface area contributed by atoms with Gasteiger partial charge in [-0.2, -0.15) is 0 Å². The molecule has 1 saturated carbocycles. The van der Waals surface area contributed by atoms with Crippen LogP contribution in [0, 0.1) is 0 Å². The average Bonchev–Trinajstić information content (AvgIpc) is 3.03. The summed E-state index contributed by atoms with van der Waals surface area (Å²) in [6.07, 6.45) is 8.12. The lowest BCUT2D eigenvalue weighted by Gasteiger charge is -2.28. The molecule has 0 saturated heterocycles. The standard InChI is InChI=1S/C26H32N2O3/c1-2-31-21-16-14-19(15-17-21)18-28-24(22-12-8-9-13-23(22)26(28)30)25(29)27-20-10-6-4-3-5-7-11-20/h8-9,12-17,20,24H,2-7,10-11,18H2,1H3,(H,27,29)/t24-/m0/s1. The Balaban J connectivity index is 1.54. The van der Waals surface area contributed by atoms with Crippen LogP contribution in [0.5, 0.6) is 5.75 Å².